The van der Waals surface area contributed by atoms with Crippen molar-refractivity contribution in [1.82, 2.24) is 15.4 Å². The van der Waals surface area contributed by atoms with Gasteiger partial charge in [0.15, 0.2) is 0 Å². The van der Waals surface area contributed by atoms with Gasteiger partial charge in [0.1, 0.15) is 5.76 Å². The molecule has 1 fully saturated rings. The van der Waals surface area contributed by atoms with E-state index < -0.39 is 0 Å². The smallest absolute Gasteiger partial charge is 0.251 e. The number of rotatable bonds is 4. The molecule has 2 heterocycles. The second kappa shape index (κ2) is 6.85. The zero-order valence-electron chi connectivity index (χ0n) is 13.9. The molecule has 24 heavy (non-hydrogen) atoms. The van der Waals surface area contributed by atoms with Crippen LogP contribution in [0.5, 0.6) is 0 Å². The van der Waals surface area contributed by atoms with E-state index in [1.165, 1.54) is 0 Å². The standard InChI is InChI=1S/C18H20N4O2/c1-12-17(13(2)24-21-12)11-22-8-7-16(10-22)20-18(23)15-5-3-14(9-19)4-6-15/h3-6,16H,7-8,10-11H2,1-2H3,(H,20,23). The molecule has 0 saturated carbocycles. The van der Waals surface area contributed by atoms with Gasteiger partial charge in [-0.15, -0.1) is 0 Å². The first-order chi connectivity index (χ1) is 11.6. The lowest BCUT2D eigenvalue weighted by molar-refractivity contribution is 0.0937. The maximum absolute atomic E-state index is 12.3. The van der Waals surface area contributed by atoms with Crippen molar-refractivity contribution in [3.63, 3.8) is 0 Å². The minimum Gasteiger partial charge on any atom is -0.361 e. The van der Waals surface area contributed by atoms with Gasteiger partial charge in [-0.05, 0) is 44.5 Å². The summed E-state index contributed by atoms with van der Waals surface area (Å²) in [7, 11) is 0. The molecule has 1 aliphatic heterocycles. The molecule has 1 aromatic heterocycles. The predicted molar refractivity (Wildman–Crippen MR) is 88.3 cm³/mol. The highest BCUT2D eigenvalue weighted by atomic mass is 16.5. The fourth-order valence-corrected chi connectivity index (χ4v) is 3.01. The first-order valence-corrected chi connectivity index (χ1v) is 8.02. The van der Waals surface area contributed by atoms with Crippen LogP contribution in [0.25, 0.3) is 0 Å². The lowest BCUT2D eigenvalue weighted by Crippen LogP contribution is -2.37. The van der Waals surface area contributed by atoms with Crippen LogP contribution in [0.3, 0.4) is 0 Å². The molecule has 1 amide bonds. The third-order valence-corrected chi connectivity index (χ3v) is 4.45. The summed E-state index contributed by atoms with van der Waals surface area (Å²) < 4.78 is 5.20. The zero-order chi connectivity index (χ0) is 17.1. The van der Waals surface area contributed by atoms with Gasteiger partial charge in [-0.1, -0.05) is 5.16 Å². The number of likely N-dealkylation sites (tertiary alicyclic amines) is 1. The van der Waals surface area contributed by atoms with E-state index in [9.17, 15) is 4.79 Å². The van der Waals surface area contributed by atoms with Gasteiger partial charge in [-0.2, -0.15) is 5.26 Å². The summed E-state index contributed by atoms with van der Waals surface area (Å²) in [6, 6.07) is 8.87. The Hall–Kier alpha value is -2.65. The molecule has 124 valence electrons. The molecule has 1 aromatic carbocycles. The third-order valence-electron chi connectivity index (χ3n) is 4.45. The number of nitrogens with zero attached hydrogens (tertiary/aromatic N) is 3. The Bertz CT molecular complexity index is 754. The molecule has 0 radical (unpaired) electrons. The summed E-state index contributed by atoms with van der Waals surface area (Å²) >= 11 is 0. The summed E-state index contributed by atoms with van der Waals surface area (Å²) in [5.41, 5.74) is 3.20. The van der Waals surface area contributed by atoms with Crippen molar-refractivity contribution in [2.24, 2.45) is 0 Å². The Morgan fingerprint density at radius 3 is 2.79 bits per heavy atom. The average molecular weight is 324 g/mol. The van der Waals surface area contributed by atoms with Gasteiger partial charge in [0.2, 0.25) is 0 Å². The fraction of sp³-hybridized carbons (Fsp3) is 0.389. The quantitative estimate of drug-likeness (QED) is 0.932. The average Bonchev–Trinajstić information content (AvgIpc) is 3.16. The number of benzene rings is 1. The number of carbonyl (C=O) groups excluding carboxylic acids is 1. The molecule has 3 rings (SSSR count). The van der Waals surface area contributed by atoms with E-state index in [-0.39, 0.29) is 11.9 Å². The highest BCUT2D eigenvalue weighted by molar-refractivity contribution is 5.94. The van der Waals surface area contributed by atoms with E-state index in [0.29, 0.717) is 11.1 Å². The van der Waals surface area contributed by atoms with Crippen LogP contribution in [0.4, 0.5) is 0 Å². The van der Waals surface area contributed by atoms with E-state index >= 15 is 0 Å². The van der Waals surface area contributed by atoms with Gasteiger partial charge in [0.05, 0.1) is 17.3 Å². The third kappa shape index (κ3) is 3.47. The normalized spacial score (nSPS) is 17.6. The zero-order valence-corrected chi connectivity index (χ0v) is 13.9. The number of nitriles is 1. The molecule has 6 nitrogen and oxygen atoms in total. The van der Waals surface area contributed by atoms with Crippen molar-refractivity contribution < 1.29 is 9.32 Å². The Labute approximate surface area is 141 Å². The first-order valence-electron chi connectivity index (χ1n) is 8.02. The van der Waals surface area contributed by atoms with Crippen LogP contribution in [-0.4, -0.2) is 35.1 Å². The van der Waals surface area contributed by atoms with Gasteiger partial charge >= 0.3 is 0 Å². The van der Waals surface area contributed by atoms with Crippen molar-refractivity contribution in [2.45, 2.75) is 32.9 Å². The highest BCUT2D eigenvalue weighted by Crippen LogP contribution is 2.19. The number of hydrogen-bond acceptors (Lipinski definition) is 5. The van der Waals surface area contributed by atoms with Crippen LogP contribution >= 0.6 is 0 Å². The van der Waals surface area contributed by atoms with Crippen LogP contribution in [0.1, 0.15) is 39.4 Å². The van der Waals surface area contributed by atoms with Gasteiger partial charge in [0, 0.05) is 36.8 Å². The molecular formula is C18H20N4O2. The Morgan fingerprint density at radius 1 is 1.42 bits per heavy atom. The first kappa shape index (κ1) is 16.2. The molecule has 1 saturated heterocycles. The largest absolute Gasteiger partial charge is 0.361 e. The summed E-state index contributed by atoms with van der Waals surface area (Å²) in [6.07, 6.45) is 0.922. The summed E-state index contributed by atoms with van der Waals surface area (Å²) in [5.74, 6) is 0.765. The summed E-state index contributed by atoms with van der Waals surface area (Å²) in [5, 5.41) is 15.9. The monoisotopic (exact) mass is 324 g/mol. The summed E-state index contributed by atoms with van der Waals surface area (Å²) in [4.78, 5) is 14.6. The van der Waals surface area contributed by atoms with Gasteiger partial charge in [-0.3, -0.25) is 9.69 Å². The summed E-state index contributed by atoms with van der Waals surface area (Å²) in [6.45, 7) is 6.42. The van der Waals surface area contributed by atoms with Gasteiger partial charge < -0.3 is 9.84 Å². The molecule has 1 atom stereocenters. The molecule has 0 bridgehead atoms. The predicted octanol–water partition coefficient (Wildman–Crippen LogP) is 2.17. The van der Waals surface area contributed by atoms with E-state index in [1.807, 2.05) is 13.8 Å². The number of aromatic nitrogens is 1. The van der Waals surface area contributed by atoms with E-state index in [4.69, 9.17) is 9.78 Å². The van der Waals surface area contributed by atoms with Crippen LogP contribution in [-0.2, 0) is 6.54 Å². The van der Waals surface area contributed by atoms with Gasteiger partial charge in [0.25, 0.3) is 5.91 Å². The topological polar surface area (TPSA) is 82.2 Å². The van der Waals surface area contributed by atoms with Gasteiger partial charge in [-0.25, -0.2) is 0 Å². The second-order valence-electron chi connectivity index (χ2n) is 6.19. The maximum Gasteiger partial charge on any atom is 0.251 e. The molecule has 1 unspecified atom stereocenters. The Morgan fingerprint density at radius 2 is 2.17 bits per heavy atom. The second-order valence-corrected chi connectivity index (χ2v) is 6.19. The molecule has 0 aliphatic carbocycles. The van der Waals surface area contributed by atoms with Crippen molar-refractivity contribution in [3.8, 4) is 6.07 Å². The molecular weight excluding hydrogens is 304 g/mol. The van der Waals surface area contributed by atoms with Crippen LogP contribution in [0.15, 0.2) is 28.8 Å². The van der Waals surface area contributed by atoms with E-state index in [1.54, 1.807) is 24.3 Å². The molecule has 1 aliphatic rings. The number of nitrogens with one attached hydrogen (secondary N) is 1. The van der Waals surface area contributed by atoms with E-state index in [2.05, 4.69) is 21.4 Å². The van der Waals surface area contributed by atoms with Crippen LogP contribution < -0.4 is 5.32 Å². The fourth-order valence-electron chi connectivity index (χ4n) is 3.01. The van der Waals surface area contributed by atoms with Crippen molar-refractivity contribution >= 4 is 5.91 Å². The Kier molecular flexibility index (Phi) is 4.63. The number of amides is 1. The minimum atomic E-state index is -0.0938. The number of hydrogen-bond donors (Lipinski definition) is 1. The van der Waals surface area contributed by atoms with Crippen LogP contribution in [0, 0.1) is 25.2 Å². The van der Waals surface area contributed by atoms with Crippen molar-refractivity contribution in [3.05, 3.63) is 52.4 Å². The molecule has 6 heteroatoms. The molecule has 1 N–H and O–H groups in total. The molecule has 2 aromatic rings. The van der Waals surface area contributed by atoms with Crippen molar-refractivity contribution in [1.29, 1.82) is 5.26 Å². The lowest BCUT2D eigenvalue weighted by Gasteiger charge is -2.16. The Balaban J connectivity index is 1.56. The number of aryl methyl sites for hydroxylation is 2. The SMILES string of the molecule is Cc1noc(C)c1CN1CCC(NC(=O)c2ccc(C#N)cc2)C1. The van der Waals surface area contributed by atoms with Crippen molar-refractivity contribution in [2.75, 3.05) is 13.1 Å². The molecule has 0 spiro atoms. The maximum atomic E-state index is 12.3. The van der Waals surface area contributed by atoms with Crippen LogP contribution in [0.2, 0.25) is 0 Å². The minimum absolute atomic E-state index is 0.0938. The highest BCUT2D eigenvalue weighted by Gasteiger charge is 2.25. The number of carbonyl (C=O) groups is 1. The van der Waals surface area contributed by atoms with E-state index in [0.717, 1.165) is 43.1 Å². The lowest BCUT2D eigenvalue weighted by atomic mass is 10.1.